The van der Waals surface area contributed by atoms with Gasteiger partial charge in [0.2, 0.25) is 5.91 Å². The highest BCUT2D eigenvalue weighted by Crippen LogP contribution is 2.24. The molecule has 2 aromatic carbocycles. The molecule has 3 nitrogen and oxygen atoms in total. The maximum Gasteiger partial charge on any atom is 0.234 e. The van der Waals surface area contributed by atoms with Crippen LogP contribution < -0.4 is 10.1 Å². The predicted octanol–water partition coefficient (Wildman–Crippen LogP) is 4.55. The van der Waals surface area contributed by atoms with Crippen LogP contribution >= 0.6 is 11.8 Å². The lowest BCUT2D eigenvalue weighted by Gasteiger charge is -2.14. The van der Waals surface area contributed by atoms with Crippen molar-refractivity contribution in [1.82, 2.24) is 0 Å². The topological polar surface area (TPSA) is 38.3 Å². The van der Waals surface area contributed by atoms with E-state index in [4.69, 9.17) is 4.74 Å². The molecule has 0 aliphatic heterocycles. The van der Waals surface area contributed by atoms with Crippen LogP contribution in [-0.4, -0.2) is 18.8 Å². The van der Waals surface area contributed by atoms with E-state index in [1.807, 2.05) is 24.3 Å². The molecule has 4 heteroatoms. The number of carbonyl (C=O) groups is 1. The van der Waals surface area contributed by atoms with Crippen LogP contribution in [0.15, 0.2) is 47.4 Å². The van der Waals surface area contributed by atoms with Crippen LogP contribution in [0.4, 0.5) is 5.69 Å². The van der Waals surface area contributed by atoms with Crippen molar-refractivity contribution in [2.45, 2.75) is 31.6 Å². The number of rotatable bonds is 7. The number of anilines is 1. The van der Waals surface area contributed by atoms with Crippen LogP contribution in [0.3, 0.4) is 0 Å². The van der Waals surface area contributed by atoms with Gasteiger partial charge in [0.1, 0.15) is 5.75 Å². The minimum Gasteiger partial charge on any atom is -0.497 e. The number of para-hydroxylation sites is 1. The number of thioether (sulfide) groups is 1. The highest BCUT2D eigenvalue weighted by molar-refractivity contribution is 8.00. The largest absolute Gasteiger partial charge is 0.497 e. The molecule has 122 valence electrons. The Morgan fingerprint density at radius 2 is 1.65 bits per heavy atom. The van der Waals surface area contributed by atoms with Crippen molar-refractivity contribution in [3.8, 4) is 5.75 Å². The van der Waals surface area contributed by atoms with E-state index in [1.54, 1.807) is 7.11 Å². The number of nitrogens with one attached hydrogen (secondary N) is 1. The van der Waals surface area contributed by atoms with Gasteiger partial charge in [-0.05, 0) is 48.2 Å². The summed E-state index contributed by atoms with van der Waals surface area (Å²) in [6.07, 6.45) is 1.82. The van der Waals surface area contributed by atoms with Gasteiger partial charge >= 0.3 is 0 Å². The normalized spacial score (nSPS) is 10.4. The minimum absolute atomic E-state index is 0.0291. The van der Waals surface area contributed by atoms with Gasteiger partial charge in [0, 0.05) is 10.6 Å². The van der Waals surface area contributed by atoms with Crippen molar-refractivity contribution in [3.63, 3.8) is 0 Å². The van der Waals surface area contributed by atoms with Gasteiger partial charge < -0.3 is 10.1 Å². The number of ether oxygens (including phenoxy) is 1. The summed E-state index contributed by atoms with van der Waals surface area (Å²) in [6, 6.07) is 13.9. The second-order valence-electron chi connectivity index (χ2n) is 5.17. The van der Waals surface area contributed by atoms with Crippen molar-refractivity contribution in [2.75, 3.05) is 18.2 Å². The fourth-order valence-corrected chi connectivity index (χ4v) is 3.10. The third-order valence-electron chi connectivity index (χ3n) is 3.69. The summed E-state index contributed by atoms with van der Waals surface area (Å²) in [7, 11) is 1.64. The molecule has 0 aliphatic carbocycles. The zero-order valence-corrected chi connectivity index (χ0v) is 14.7. The van der Waals surface area contributed by atoms with Crippen molar-refractivity contribution >= 4 is 23.4 Å². The number of benzene rings is 2. The van der Waals surface area contributed by atoms with E-state index in [0.29, 0.717) is 5.75 Å². The lowest BCUT2D eigenvalue weighted by Crippen LogP contribution is -2.16. The summed E-state index contributed by atoms with van der Waals surface area (Å²) in [5.74, 6) is 1.25. The van der Waals surface area contributed by atoms with E-state index >= 15 is 0 Å². The highest BCUT2D eigenvalue weighted by Gasteiger charge is 2.10. The molecular formula is C19H23NO2S. The Hall–Kier alpha value is -1.94. The Labute approximate surface area is 142 Å². The van der Waals surface area contributed by atoms with Gasteiger partial charge in [0.15, 0.2) is 0 Å². The Balaban J connectivity index is 1.99. The quantitative estimate of drug-likeness (QED) is 0.757. The molecule has 0 bridgehead atoms. The fraction of sp³-hybridized carbons (Fsp3) is 0.316. The molecule has 0 atom stereocenters. The lowest BCUT2D eigenvalue weighted by atomic mass is 10.0. The molecule has 0 aromatic heterocycles. The van der Waals surface area contributed by atoms with Gasteiger partial charge in [-0.15, -0.1) is 11.8 Å². The summed E-state index contributed by atoms with van der Waals surface area (Å²) >= 11 is 1.53. The summed E-state index contributed by atoms with van der Waals surface area (Å²) in [6.45, 7) is 4.22. The van der Waals surface area contributed by atoms with Crippen LogP contribution in [0.25, 0.3) is 0 Å². The van der Waals surface area contributed by atoms with Crippen molar-refractivity contribution in [2.24, 2.45) is 0 Å². The molecule has 0 radical (unpaired) electrons. The molecule has 2 aromatic rings. The van der Waals surface area contributed by atoms with Crippen LogP contribution in [-0.2, 0) is 17.6 Å². The number of aryl methyl sites for hydroxylation is 2. The SMILES string of the molecule is CCc1cccc(CC)c1NC(=O)CSc1ccc(OC)cc1. The van der Waals surface area contributed by atoms with Crippen molar-refractivity contribution < 1.29 is 9.53 Å². The van der Waals surface area contributed by atoms with Gasteiger partial charge in [-0.25, -0.2) is 0 Å². The van der Waals surface area contributed by atoms with Crippen LogP contribution in [0, 0.1) is 0 Å². The summed E-state index contributed by atoms with van der Waals surface area (Å²) < 4.78 is 5.14. The number of methoxy groups -OCH3 is 1. The predicted molar refractivity (Wildman–Crippen MR) is 97.5 cm³/mol. The zero-order chi connectivity index (χ0) is 16.7. The standard InChI is InChI=1S/C19H23NO2S/c1-4-14-7-6-8-15(5-2)19(14)20-18(21)13-23-17-11-9-16(22-3)10-12-17/h6-12H,4-5,13H2,1-3H3,(H,20,21). The number of hydrogen-bond acceptors (Lipinski definition) is 3. The molecule has 0 unspecified atom stereocenters. The Morgan fingerprint density at radius 3 is 2.17 bits per heavy atom. The second kappa shape index (κ2) is 8.63. The summed E-state index contributed by atoms with van der Waals surface area (Å²) in [5, 5.41) is 3.09. The maximum absolute atomic E-state index is 12.3. The van der Waals surface area contributed by atoms with Gasteiger partial charge in [-0.1, -0.05) is 32.0 Å². The van der Waals surface area contributed by atoms with E-state index in [-0.39, 0.29) is 5.91 Å². The van der Waals surface area contributed by atoms with Crippen LogP contribution in [0.5, 0.6) is 5.75 Å². The number of carbonyl (C=O) groups excluding carboxylic acids is 1. The van der Waals surface area contributed by atoms with Gasteiger partial charge in [-0.3, -0.25) is 4.79 Å². The van der Waals surface area contributed by atoms with E-state index in [1.165, 1.54) is 22.9 Å². The number of amides is 1. The van der Waals surface area contributed by atoms with Gasteiger partial charge in [0.05, 0.1) is 12.9 Å². The lowest BCUT2D eigenvalue weighted by molar-refractivity contribution is -0.113. The summed E-state index contributed by atoms with van der Waals surface area (Å²) in [5.41, 5.74) is 3.36. The van der Waals surface area contributed by atoms with Gasteiger partial charge in [0.25, 0.3) is 0 Å². The van der Waals surface area contributed by atoms with E-state index in [2.05, 4.69) is 37.4 Å². The monoisotopic (exact) mass is 329 g/mol. The number of hydrogen-bond donors (Lipinski definition) is 1. The Kier molecular flexibility index (Phi) is 6.53. The Morgan fingerprint density at radius 1 is 1.04 bits per heavy atom. The second-order valence-corrected chi connectivity index (χ2v) is 6.22. The van der Waals surface area contributed by atoms with Crippen molar-refractivity contribution in [1.29, 1.82) is 0 Å². The summed E-state index contributed by atoms with van der Waals surface area (Å²) in [4.78, 5) is 13.3. The van der Waals surface area contributed by atoms with E-state index < -0.39 is 0 Å². The highest BCUT2D eigenvalue weighted by atomic mass is 32.2. The van der Waals surface area contributed by atoms with Crippen LogP contribution in [0.1, 0.15) is 25.0 Å². The molecule has 0 fully saturated rings. The molecule has 0 spiro atoms. The first-order chi connectivity index (χ1) is 11.2. The molecule has 1 N–H and O–H groups in total. The van der Waals surface area contributed by atoms with Crippen molar-refractivity contribution in [3.05, 3.63) is 53.6 Å². The molecule has 0 saturated carbocycles. The third kappa shape index (κ3) is 4.76. The molecule has 0 saturated heterocycles. The van der Waals surface area contributed by atoms with E-state index in [9.17, 15) is 4.79 Å². The maximum atomic E-state index is 12.3. The average molecular weight is 329 g/mol. The Bertz CT molecular complexity index is 631. The fourth-order valence-electron chi connectivity index (χ4n) is 2.40. The first-order valence-corrected chi connectivity index (χ1v) is 8.84. The molecule has 23 heavy (non-hydrogen) atoms. The molecule has 2 rings (SSSR count). The average Bonchev–Trinajstić information content (AvgIpc) is 2.60. The molecule has 1 amide bonds. The smallest absolute Gasteiger partial charge is 0.234 e. The van der Waals surface area contributed by atoms with Gasteiger partial charge in [-0.2, -0.15) is 0 Å². The molecule has 0 heterocycles. The zero-order valence-electron chi connectivity index (χ0n) is 13.9. The van der Waals surface area contributed by atoms with Crippen LogP contribution in [0.2, 0.25) is 0 Å². The first-order valence-electron chi connectivity index (χ1n) is 7.85. The third-order valence-corrected chi connectivity index (χ3v) is 4.70. The molecule has 0 aliphatic rings. The van der Waals surface area contributed by atoms with E-state index in [0.717, 1.165) is 29.2 Å². The minimum atomic E-state index is 0.0291. The molecular weight excluding hydrogens is 306 g/mol. The first kappa shape index (κ1) is 17.4.